The lowest BCUT2D eigenvalue weighted by Crippen LogP contribution is -1.92. The highest BCUT2D eigenvalue weighted by atomic mass is 16.5. The van der Waals surface area contributed by atoms with E-state index < -0.39 is 0 Å². The summed E-state index contributed by atoms with van der Waals surface area (Å²) in [6, 6.07) is 23.5. The largest absolute Gasteiger partial charge is 0.493 e. The minimum absolute atomic E-state index is 0.694. The molecule has 0 amide bonds. The molecule has 0 unspecified atom stereocenters. The van der Waals surface area contributed by atoms with Crippen LogP contribution in [0.1, 0.15) is 0 Å². The first kappa shape index (κ1) is 15.0. The quantitative estimate of drug-likeness (QED) is 0.651. The monoisotopic (exact) mass is 306 g/mol. The van der Waals surface area contributed by atoms with E-state index in [9.17, 15) is 0 Å². The van der Waals surface area contributed by atoms with Gasteiger partial charge in [-0.2, -0.15) is 0 Å². The van der Waals surface area contributed by atoms with Gasteiger partial charge in [0.25, 0.3) is 0 Å². The van der Waals surface area contributed by atoms with E-state index in [0.717, 1.165) is 22.6 Å². The third kappa shape index (κ3) is 3.29. The maximum absolute atomic E-state index is 6.02. The molecule has 0 atom stereocenters. The summed E-state index contributed by atoms with van der Waals surface area (Å²) in [5.74, 6) is 3.00. The van der Waals surface area contributed by atoms with Gasteiger partial charge in [-0.25, -0.2) is 0 Å². The average Bonchev–Trinajstić information content (AvgIpc) is 2.62. The van der Waals surface area contributed by atoms with Crippen LogP contribution in [-0.2, 0) is 0 Å². The van der Waals surface area contributed by atoms with Crippen LogP contribution in [0.5, 0.6) is 23.0 Å². The van der Waals surface area contributed by atoms with Gasteiger partial charge < -0.3 is 14.2 Å². The van der Waals surface area contributed by atoms with E-state index in [1.54, 1.807) is 14.2 Å². The summed E-state index contributed by atoms with van der Waals surface area (Å²) < 4.78 is 16.7. The first-order valence-corrected chi connectivity index (χ1v) is 7.36. The molecule has 3 aromatic rings. The average molecular weight is 306 g/mol. The maximum atomic E-state index is 6.02. The van der Waals surface area contributed by atoms with Crippen LogP contribution in [0.3, 0.4) is 0 Å². The minimum atomic E-state index is 0.694. The molecule has 116 valence electrons. The van der Waals surface area contributed by atoms with Gasteiger partial charge in [0.2, 0.25) is 0 Å². The van der Waals surface area contributed by atoms with E-state index in [1.807, 2.05) is 72.8 Å². The molecule has 0 aliphatic rings. The smallest absolute Gasteiger partial charge is 0.161 e. The Balaban J connectivity index is 2.00. The van der Waals surface area contributed by atoms with Crippen LogP contribution in [0.2, 0.25) is 0 Å². The van der Waals surface area contributed by atoms with Gasteiger partial charge in [0, 0.05) is 5.56 Å². The van der Waals surface area contributed by atoms with Crippen LogP contribution < -0.4 is 14.2 Å². The van der Waals surface area contributed by atoms with Crippen molar-refractivity contribution in [1.29, 1.82) is 0 Å². The van der Waals surface area contributed by atoms with Gasteiger partial charge in [-0.05, 0) is 35.9 Å². The molecular weight excluding hydrogens is 288 g/mol. The Bertz CT molecular complexity index is 782. The lowest BCUT2D eigenvalue weighted by atomic mass is 10.0. The van der Waals surface area contributed by atoms with Gasteiger partial charge >= 0.3 is 0 Å². The van der Waals surface area contributed by atoms with Crippen LogP contribution >= 0.6 is 0 Å². The van der Waals surface area contributed by atoms with E-state index in [-0.39, 0.29) is 0 Å². The molecule has 0 aliphatic carbocycles. The molecule has 3 rings (SSSR count). The highest BCUT2D eigenvalue weighted by molar-refractivity contribution is 5.73. The molecule has 0 saturated carbocycles. The molecule has 0 aromatic heterocycles. The Labute approximate surface area is 136 Å². The Kier molecular flexibility index (Phi) is 4.48. The predicted molar refractivity (Wildman–Crippen MR) is 91.5 cm³/mol. The Morgan fingerprint density at radius 2 is 1.30 bits per heavy atom. The van der Waals surface area contributed by atoms with Crippen molar-refractivity contribution in [2.75, 3.05) is 14.2 Å². The van der Waals surface area contributed by atoms with Gasteiger partial charge in [-0.15, -0.1) is 0 Å². The van der Waals surface area contributed by atoms with Crippen molar-refractivity contribution in [1.82, 2.24) is 0 Å². The molecule has 0 N–H and O–H groups in total. The van der Waals surface area contributed by atoms with E-state index in [4.69, 9.17) is 14.2 Å². The van der Waals surface area contributed by atoms with Crippen molar-refractivity contribution >= 4 is 0 Å². The van der Waals surface area contributed by atoms with Gasteiger partial charge in [-0.1, -0.05) is 42.5 Å². The number of benzene rings is 3. The molecule has 3 aromatic carbocycles. The van der Waals surface area contributed by atoms with E-state index >= 15 is 0 Å². The summed E-state index contributed by atoms with van der Waals surface area (Å²) in [4.78, 5) is 0. The number of ether oxygens (including phenoxy) is 3. The third-order valence-corrected chi connectivity index (χ3v) is 3.55. The molecule has 3 heteroatoms. The van der Waals surface area contributed by atoms with Crippen molar-refractivity contribution in [3.05, 3.63) is 72.8 Å². The third-order valence-electron chi connectivity index (χ3n) is 3.55. The van der Waals surface area contributed by atoms with Crippen molar-refractivity contribution in [2.24, 2.45) is 0 Å². The summed E-state index contributed by atoms with van der Waals surface area (Å²) in [5.41, 5.74) is 2.01. The number of hydrogen-bond acceptors (Lipinski definition) is 3. The SMILES string of the molecule is COc1ccc(-c2ccccc2Oc2ccccc2)cc1OC. The fourth-order valence-electron chi connectivity index (χ4n) is 2.41. The van der Waals surface area contributed by atoms with Crippen LogP contribution in [-0.4, -0.2) is 14.2 Å². The molecule has 0 aliphatic heterocycles. The zero-order valence-corrected chi connectivity index (χ0v) is 13.2. The van der Waals surface area contributed by atoms with Crippen LogP contribution in [0, 0.1) is 0 Å². The van der Waals surface area contributed by atoms with Crippen molar-refractivity contribution in [3.8, 4) is 34.1 Å². The molecular formula is C20H18O3. The van der Waals surface area contributed by atoms with Crippen LogP contribution in [0.25, 0.3) is 11.1 Å². The molecule has 0 spiro atoms. The lowest BCUT2D eigenvalue weighted by molar-refractivity contribution is 0.355. The normalized spacial score (nSPS) is 10.2. The lowest BCUT2D eigenvalue weighted by Gasteiger charge is -2.13. The van der Waals surface area contributed by atoms with E-state index in [2.05, 4.69) is 0 Å². The van der Waals surface area contributed by atoms with Gasteiger partial charge in [0.05, 0.1) is 14.2 Å². The molecule has 0 radical (unpaired) electrons. The molecule has 3 nitrogen and oxygen atoms in total. The van der Waals surface area contributed by atoms with E-state index in [0.29, 0.717) is 11.5 Å². The predicted octanol–water partition coefficient (Wildman–Crippen LogP) is 5.16. The van der Waals surface area contributed by atoms with Crippen LogP contribution in [0.15, 0.2) is 72.8 Å². The highest BCUT2D eigenvalue weighted by Crippen LogP contribution is 2.37. The van der Waals surface area contributed by atoms with E-state index in [1.165, 1.54) is 0 Å². The number of para-hydroxylation sites is 2. The molecule has 0 heterocycles. The minimum Gasteiger partial charge on any atom is -0.493 e. The molecule has 0 bridgehead atoms. The summed E-state index contributed by atoms with van der Waals surface area (Å²) in [6.45, 7) is 0. The van der Waals surface area contributed by atoms with Crippen molar-refractivity contribution in [2.45, 2.75) is 0 Å². The van der Waals surface area contributed by atoms with Crippen molar-refractivity contribution in [3.63, 3.8) is 0 Å². The summed E-state index contributed by atoms with van der Waals surface area (Å²) in [5, 5.41) is 0. The fraction of sp³-hybridized carbons (Fsp3) is 0.100. The second-order valence-corrected chi connectivity index (χ2v) is 4.98. The summed E-state index contributed by atoms with van der Waals surface area (Å²) >= 11 is 0. The second kappa shape index (κ2) is 6.88. The molecule has 0 saturated heterocycles. The van der Waals surface area contributed by atoms with Gasteiger partial charge in [-0.3, -0.25) is 0 Å². The Morgan fingerprint density at radius 1 is 0.609 bits per heavy atom. The number of rotatable bonds is 5. The maximum Gasteiger partial charge on any atom is 0.161 e. The number of methoxy groups -OCH3 is 2. The summed E-state index contributed by atoms with van der Waals surface area (Å²) in [7, 11) is 3.26. The van der Waals surface area contributed by atoms with Crippen LogP contribution in [0.4, 0.5) is 0 Å². The zero-order valence-electron chi connectivity index (χ0n) is 13.2. The zero-order chi connectivity index (χ0) is 16.1. The first-order chi connectivity index (χ1) is 11.3. The Hall–Kier alpha value is -2.94. The second-order valence-electron chi connectivity index (χ2n) is 4.98. The van der Waals surface area contributed by atoms with Gasteiger partial charge in [0.15, 0.2) is 11.5 Å². The highest BCUT2D eigenvalue weighted by Gasteiger charge is 2.10. The van der Waals surface area contributed by atoms with Crippen molar-refractivity contribution < 1.29 is 14.2 Å². The topological polar surface area (TPSA) is 27.7 Å². The standard InChI is InChI=1S/C20H18O3/c1-21-19-13-12-15(14-20(19)22-2)17-10-6-7-11-18(17)23-16-8-4-3-5-9-16/h3-14H,1-2H3. The Morgan fingerprint density at radius 3 is 2.04 bits per heavy atom. The molecule has 23 heavy (non-hydrogen) atoms. The van der Waals surface area contributed by atoms with Gasteiger partial charge in [0.1, 0.15) is 11.5 Å². The molecule has 0 fully saturated rings. The first-order valence-electron chi connectivity index (χ1n) is 7.36. The summed E-state index contributed by atoms with van der Waals surface area (Å²) in [6.07, 6.45) is 0. The number of hydrogen-bond donors (Lipinski definition) is 0. The fourth-order valence-corrected chi connectivity index (χ4v) is 2.41.